The largest absolute Gasteiger partial charge is 0.339 e. The van der Waals surface area contributed by atoms with E-state index in [1.54, 1.807) is 11.9 Å². The fourth-order valence-electron chi connectivity index (χ4n) is 1.47. The third-order valence-electron chi connectivity index (χ3n) is 2.96. The summed E-state index contributed by atoms with van der Waals surface area (Å²) in [5.41, 5.74) is 0.160. The van der Waals surface area contributed by atoms with Crippen LogP contribution in [0.5, 0.6) is 0 Å². The Labute approximate surface area is 110 Å². The van der Waals surface area contributed by atoms with E-state index in [9.17, 15) is 14.9 Å². The second kappa shape index (κ2) is 5.82. The van der Waals surface area contributed by atoms with Gasteiger partial charge in [0.15, 0.2) is 0 Å². The van der Waals surface area contributed by atoms with E-state index in [1.807, 2.05) is 13.8 Å². The summed E-state index contributed by atoms with van der Waals surface area (Å²) in [6, 6.07) is 4.11. The van der Waals surface area contributed by atoms with Gasteiger partial charge in [0.1, 0.15) is 5.02 Å². The zero-order valence-electron chi connectivity index (χ0n) is 10.5. The summed E-state index contributed by atoms with van der Waals surface area (Å²) in [5.74, 6) is -0.193. The number of halogens is 1. The molecule has 0 radical (unpaired) electrons. The molecule has 1 atom stereocenters. The molecule has 0 aromatic heterocycles. The van der Waals surface area contributed by atoms with Crippen LogP contribution in [-0.2, 0) is 0 Å². The average molecular weight is 271 g/mol. The normalized spacial score (nSPS) is 12.0. The maximum absolute atomic E-state index is 12.1. The molecule has 0 fully saturated rings. The summed E-state index contributed by atoms with van der Waals surface area (Å²) in [7, 11) is 1.70. The molecule has 0 bridgehead atoms. The van der Waals surface area contributed by atoms with Crippen molar-refractivity contribution < 1.29 is 9.72 Å². The lowest BCUT2D eigenvalue weighted by Gasteiger charge is -2.23. The highest BCUT2D eigenvalue weighted by Crippen LogP contribution is 2.25. The molecule has 0 saturated carbocycles. The SMILES string of the molecule is CCC(C)N(C)C(=O)c1ccc([N+](=O)[O-])c(Cl)c1. The molecule has 0 heterocycles. The molecule has 0 spiro atoms. The molecule has 1 unspecified atom stereocenters. The third-order valence-corrected chi connectivity index (χ3v) is 3.27. The van der Waals surface area contributed by atoms with E-state index in [0.717, 1.165) is 6.42 Å². The number of amides is 1. The molecule has 1 rings (SSSR count). The quantitative estimate of drug-likeness (QED) is 0.624. The van der Waals surface area contributed by atoms with E-state index in [1.165, 1.54) is 18.2 Å². The van der Waals surface area contributed by atoms with Gasteiger partial charge in [0.25, 0.3) is 11.6 Å². The maximum Gasteiger partial charge on any atom is 0.287 e. The van der Waals surface area contributed by atoms with Crippen LogP contribution in [0.1, 0.15) is 30.6 Å². The summed E-state index contributed by atoms with van der Waals surface area (Å²) >= 11 is 5.77. The number of benzene rings is 1. The van der Waals surface area contributed by atoms with Gasteiger partial charge in [-0.2, -0.15) is 0 Å². The van der Waals surface area contributed by atoms with Crippen LogP contribution in [0.3, 0.4) is 0 Å². The van der Waals surface area contributed by atoms with Crippen molar-refractivity contribution in [3.05, 3.63) is 38.9 Å². The Hall–Kier alpha value is -1.62. The first-order chi connectivity index (χ1) is 8.38. The molecule has 0 N–H and O–H groups in total. The van der Waals surface area contributed by atoms with Crippen molar-refractivity contribution in [2.75, 3.05) is 7.05 Å². The molecule has 98 valence electrons. The molecule has 1 aromatic carbocycles. The Morgan fingerprint density at radius 1 is 1.56 bits per heavy atom. The first-order valence-corrected chi connectivity index (χ1v) is 5.97. The second-order valence-corrected chi connectivity index (χ2v) is 4.50. The molecule has 0 aliphatic heterocycles. The lowest BCUT2D eigenvalue weighted by atomic mass is 10.1. The van der Waals surface area contributed by atoms with E-state index in [-0.39, 0.29) is 22.7 Å². The van der Waals surface area contributed by atoms with Gasteiger partial charge < -0.3 is 4.90 Å². The van der Waals surface area contributed by atoms with Gasteiger partial charge in [0.2, 0.25) is 0 Å². The maximum atomic E-state index is 12.1. The summed E-state index contributed by atoms with van der Waals surface area (Å²) < 4.78 is 0. The molecule has 0 aliphatic rings. The zero-order valence-corrected chi connectivity index (χ0v) is 11.3. The van der Waals surface area contributed by atoms with E-state index >= 15 is 0 Å². The number of rotatable bonds is 4. The first-order valence-electron chi connectivity index (χ1n) is 5.59. The van der Waals surface area contributed by atoms with Gasteiger partial charge in [0, 0.05) is 24.7 Å². The van der Waals surface area contributed by atoms with E-state index < -0.39 is 4.92 Å². The molecular formula is C12H15ClN2O3. The van der Waals surface area contributed by atoms with Crippen molar-refractivity contribution in [1.82, 2.24) is 4.90 Å². The number of hydrogen-bond donors (Lipinski definition) is 0. The van der Waals surface area contributed by atoms with Crippen molar-refractivity contribution in [3.63, 3.8) is 0 Å². The number of carbonyl (C=O) groups is 1. The zero-order chi connectivity index (χ0) is 13.9. The minimum Gasteiger partial charge on any atom is -0.339 e. The first kappa shape index (κ1) is 14.4. The van der Waals surface area contributed by atoms with Crippen LogP contribution in [-0.4, -0.2) is 28.8 Å². The van der Waals surface area contributed by atoms with Crippen LogP contribution in [0.15, 0.2) is 18.2 Å². The summed E-state index contributed by atoms with van der Waals surface area (Å²) in [5, 5.41) is 10.6. The summed E-state index contributed by atoms with van der Waals surface area (Å²) in [6.07, 6.45) is 0.836. The topological polar surface area (TPSA) is 63.5 Å². The minimum atomic E-state index is -0.574. The molecular weight excluding hydrogens is 256 g/mol. The molecule has 5 nitrogen and oxygen atoms in total. The number of nitro benzene ring substituents is 1. The number of carbonyl (C=O) groups excluding carboxylic acids is 1. The van der Waals surface area contributed by atoms with Crippen molar-refractivity contribution in [1.29, 1.82) is 0 Å². The number of nitro groups is 1. The van der Waals surface area contributed by atoms with E-state index in [2.05, 4.69) is 0 Å². The second-order valence-electron chi connectivity index (χ2n) is 4.10. The van der Waals surface area contributed by atoms with Gasteiger partial charge in [-0.3, -0.25) is 14.9 Å². The molecule has 0 saturated heterocycles. The minimum absolute atomic E-state index is 0.0246. The van der Waals surface area contributed by atoms with Gasteiger partial charge in [0.05, 0.1) is 4.92 Å². The molecule has 6 heteroatoms. The van der Waals surface area contributed by atoms with Gasteiger partial charge >= 0.3 is 0 Å². The Morgan fingerprint density at radius 3 is 2.61 bits per heavy atom. The third kappa shape index (κ3) is 2.98. The monoisotopic (exact) mass is 270 g/mol. The average Bonchev–Trinajstić information content (AvgIpc) is 2.35. The van der Waals surface area contributed by atoms with E-state index in [0.29, 0.717) is 5.56 Å². The summed E-state index contributed by atoms with van der Waals surface area (Å²) in [4.78, 5) is 23.7. The number of hydrogen-bond acceptors (Lipinski definition) is 3. The number of nitrogens with zero attached hydrogens (tertiary/aromatic N) is 2. The molecule has 1 amide bonds. The van der Waals surface area contributed by atoms with E-state index in [4.69, 9.17) is 11.6 Å². The van der Waals surface area contributed by atoms with Crippen molar-refractivity contribution in [3.8, 4) is 0 Å². The highest BCUT2D eigenvalue weighted by molar-refractivity contribution is 6.33. The highest BCUT2D eigenvalue weighted by Gasteiger charge is 2.19. The van der Waals surface area contributed by atoms with Crippen molar-refractivity contribution in [2.45, 2.75) is 26.3 Å². The van der Waals surface area contributed by atoms with Crippen LogP contribution in [0.4, 0.5) is 5.69 Å². The lowest BCUT2D eigenvalue weighted by molar-refractivity contribution is -0.384. The van der Waals surface area contributed by atoms with Crippen LogP contribution in [0.2, 0.25) is 5.02 Å². The van der Waals surface area contributed by atoms with Gasteiger partial charge in [-0.1, -0.05) is 18.5 Å². The Kier molecular flexibility index (Phi) is 4.67. The Morgan fingerprint density at radius 2 is 2.17 bits per heavy atom. The van der Waals surface area contributed by atoms with Gasteiger partial charge in [-0.05, 0) is 25.5 Å². The molecule has 1 aromatic rings. The van der Waals surface area contributed by atoms with Gasteiger partial charge in [-0.25, -0.2) is 0 Å². The van der Waals surface area contributed by atoms with Crippen LogP contribution >= 0.6 is 11.6 Å². The fraction of sp³-hybridized carbons (Fsp3) is 0.417. The van der Waals surface area contributed by atoms with Crippen LogP contribution in [0.25, 0.3) is 0 Å². The molecule has 18 heavy (non-hydrogen) atoms. The summed E-state index contributed by atoms with van der Waals surface area (Å²) in [6.45, 7) is 3.92. The Bertz CT molecular complexity index is 476. The lowest BCUT2D eigenvalue weighted by Crippen LogP contribution is -2.34. The van der Waals surface area contributed by atoms with Crippen LogP contribution in [0, 0.1) is 10.1 Å². The molecule has 0 aliphatic carbocycles. The highest BCUT2D eigenvalue weighted by atomic mass is 35.5. The predicted molar refractivity (Wildman–Crippen MR) is 70.0 cm³/mol. The standard InChI is InChI=1S/C12H15ClN2O3/c1-4-8(2)14(3)12(16)9-5-6-11(15(17)18)10(13)7-9/h5-8H,4H2,1-3H3. The fourth-order valence-corrected chi connectivity index (χ4v) is 1.72. The van der Waals surface area contributed by atoms with Gasteiger partial charge in [-0.15, -0.1) is 0 Å². The Balaban J connectivity index is 3.01. The smallest absolute Gasteiger partial charge is 0.287 e. The predicted octanol–water partition coefficient (Wildman–Crippen LogP) is 3.12. The van der Waals surface area contributed by atoms with Crippen molar-refractivity contribution in [2.24, 2.45) is 0 Å². The van der Waals surface area contributed by atoms with Crippen LogP contribution < -0.4 is 0 Å². The van der Waals surface area contributed by atoms with Crippen molar-refractivity contribution >= 4 is 23.2 Å².